The van der Waals surface area contributed by atoms with Gasteiger partial charge in [0.2, 0.25) is 0 Å². The van der Waals surface area contributed by atoms with Crippen LogP contribution in [0.15, 0.2) is 60.7 Å². The molecule has 1 aliphatic heterocycles. The molecule has 0 aromatic heterocycles. The number of hydrogen-bond donors (Lipinski definition) is 0. The molecule has 184 valence electrons. The third kappa shape index (κ3) is 5.48. The lowest BCUT2D eigenvalue weighted by Gasteiger charge is -2.33. The lowest BCUT2D eigenvalue weighted by atomic mass is 9.93. The van der Waals surface area contributed by atoms with Crippen LogP contribution in [-0.4, -0.2) is 17.5 Å². The van der Waals surface area contributed by atoms with Crippen LogP contribution >= 0.6 is 11.6 Å². The second-order valence-corrected chi connectivity index (χ2v) is 9.61. The molecule has 0 saturated carbocycles. The zero-order valence-corrected chi connectivity index (χ0v) is 20.6. The number of rotatable bonds is 5. The van der Waals surface area contributed by atoms with E-state index in [1.165, 1.54) is 11.0 Å². The molecule has 0 radical (unpaired) electrons. The molecule has 3 aromatic rings. The number of cyclic esters (lactones) is 1. The molecular formula is C28H27ClF3NO2. The number of carbonyl (C=O) groups is 1. The predicted molar refractivity (Wildman–Crippen MR) is 131 cm³/mol. The highest BCUT2D eigenvalue weighted by molar-refractivity contribution is 6.33. The number of hydrogen-bond acceptors (Lipinski definition) is 2. The first-order valence-electron chi connectivity index (χ1n) is 11.6. The number of aryl methyl sites for hydroxylation is 1. The van der Waals surface area contributed by atoms with Gasteiger partial charge < -0.3 is 9.64 Å². The summed E-state index contributed by atoms with van der Waals surface area (Å²) in [5, 5.41) is 0.441. The molecular weight excluding hydrogens is 475 g/mol. The summed E-state index contributed by atoms with van der Waals surface area (Å²) in [6, 6.07) is 16.9. The van der Waals surface area contributed by atoms with Crippen LogP contribution < -0.4 is 0 Å². The van der Waals surface area contributed by atoms with E-state index in [4.69, 9.17) is 16.3 Å². The van der Waals surface area contributed by atoms with E-state index >= 15 is 0 Å². The van der Waals surface area contributed by atoms with E-state index in [0.717, 1.165) is 28.8 Å². The summed E-state index contributed by atoms with van der Waals surface area (Å²) in [5.74, 6) is 0.222. The van der Waals surface area contributed by atoms with Crippen molar-refractivity contribution in [2.45, 2.75) is 51.9 Å². The van der Waals surface area contributed by atoms with Crippen LogP contribution in [-0.2, 0) is 17.5 Å². The van der Waals surface area contributed by atoms with Crippen LogP contribution in [0.25, 0.3) is 11.1 Å². The van der Waals surface area contributed by atoms with Gasteiger partial charge in [-0.25, -0.2) is 4.79 Å². The molecule has 1 aliphatic rings. The lowest BCUT2D eigenvalue weighted by molar-refractivity contribution is -0.137. The van der Waals surface area contributed by atoms with E-state index in [1.807, 2.05) is 57.2 Å². The van der Waals surface area contributed by atoms with Crippen molar-refractivity contribution in [1.82, 2.24) is 4.90 Å². The Kier molecular flexibility index (Phi) is 7.13. The van der Waals surface area contributed by atoms with Crippen molar-refractivity contribution in [3.05, 3.63) is 93.5 Å². The van der Waals surface area contributed by atoms with Crippen molar-refractivity contribution < 1.29 is 22.7 Å². The molecule has 35 heavy (non-hydrogen) atoms. The molecule has 1 heterocycles. The number of amides is 1. The number of benzene rings is 3. The minimum atomic E-state index is -4.50. The first-order chi connectivity index (χ1) is 16.5. The van der Waals surface area contributed by atoms with Gasteiger partial charge >= 0.3 is 12.3 Å². The maximum absolute atomic E-state index is 13.6. The zero-order chi connectivity index (χ0) is 25.3. The van der Waals surface area contributed by atoms with Crippen molar-refractivity contribution in [3.63, 3.8) is 0 Å². The molecule has 1 atom stereocenters. The Hall–Kier alpha value is -2.99. The molecule has 0 bridgehead atoms. The minimum absolute atomic E-state index is 0.0131. The SMILES string of the molecule is Cc1ccccc1[C@@H]1CCN(Cc2cc(C(F)(F)F)ccc2-c2cc(C(C)C)ccc2Cl)C(=O)O1. The maximum Gasteiger partial charge on any atom is 0.416 e. The van der Waals surface area contributed by atoms with Gasteiger partial charge in [-0.05, 0) is 64.9 Å². The summed E-state index contributed by atoms with van der Waals surface area (Å²) in [5.41, 5.74) is 3.80. The van der Waals surface area contributed by atoms with Gasteiger partial charge in [-0.2, -0.15) is 13.2 Å². The smallest absolute Gasteiger partial charge is 0.416 e. The molecule has 1 fully saturated rings. The second-order valence-electron chi connectivity index (χ2n) is 9.20. The molecule has 1 amide bonds. The van der Waals surface area contributed by atoms with Crippen molar-refractivity contribution in [2.24, 2.45) is 0 Å². The van der Waals surface area contributed by atoms with Crippen molar-refractivity contribution in [2.75, 3.05) is 6.54 Å². The van der Waals surface area contributed by atoms with Gasteiger partial charge in [-0.3, -0.25) is 0 Å². The first kappa shape index (κ1) is 25.1. The van der Waals surface area contributed by atoms with E-state index < -0.39 is 17.8 Å². The Morgan fingerprint density at radius 3 is 2.46 bits per heavy atom. The zero-order valence-electron chi connectivity index (χ0n) is 19.8. The quantitative estimate of drug-likeness (QED) is 0.350. The van der Waals surface area contributed by atoms with Gasteiger partial charge in [0.15, 0.2) is 0 Å². The summed E-state index contributed by atoms with van der Waals surface area (Å²) in [7, 11) is 0. The standard InChI is InChI=1S/C28H27ClF3NO2/c1-17(2)19-8-11-25(29)24(15-19)23-10-9-21(28(30,31)32)14-20(23)16-33-13-12-26(35-27(33)34)22-7-5-4-6-18(22)3/h4-11,14-15,17,26H,12-13,16H2,1-3H3/t26-/m0/s1. The maximum atomic E-state index is 13.6. The van der Waals surface area contributed by atoms with Crippen LogP contribution in [0.5, 0.6) is 0 Å². The van der Waals surface area contributed by atoms with Gasteiger partial charge in [0.05, 0.1) is 5.56 Å². The predicted octanol–water partition coefficient (Wildman–Crippen LogP) is 8.54. The van der Waals surface area contributed by atoms with E-state index in [1.54, 1.807) is 6.07 Å². The van der Waals surface area contributed by atoms with Crippen LogP contribution in [0.1, 0.15) is 60.1 Å². The molecule has 7 heteroatoms. The third-order valence-electron chi connectivity index (χ3n) is 6.44. The van der Waals surface area contributed by atoms with Gasteiger partial charge in [-0.15, -0.1) is 0 Å². The number of carbonyl (C=O) groups excluding carboxylic acids is 1. The van der Waals surface area contributed by atoms with Crippen molar-refractivity contribution in [3.8, 4) is 11.1 Å². The van der Waals surface area contributed by atoms with E-state index in [-0.39, 0.29) is 18.6 Å². The number of alkyl halides is 3. The van der Waals surface area contributed by atoms with Gasteiger partial charge in [0.1, 0.15) is 6.10 Å². The fraction of sp³-hybridized carbons (Fsp3) is 0.321. The van der Waals surface area contributed by atoms with E-state index in [0.29, 0.717) is 34.7 Å². The van der Waals surface area contributed by atoms with E-state index in [2.05, 4.69) is 0 Å². The molecule has 4 rings (SSSR count). The topological polar surface area (TPSA) is 29.5 Å². The number of nitrogens with zero attached hydrogens (tertiary/aromatic N) is 1. The summed E-state index contributed by atoms with van der Waals surface area (Å²) in [6.45, 7) is 6.39. The molecule has 0 unspecified atom stereocenters. The third-order valence-corrected chi connectivity index (χ3v) is 6.77. The van der Waals surface area contributed by atoms with Crippen molar-refractivity contribution >= 4 is 17.7 Å². The fourth-order valence-electron chi connectivity index (χ4n) is 4.41. The highest BCUT2D eigenvalue weighted by Gasteiger charge is 2.33. The van der Waals surface area contributed by atoms with Crippen LogP contribution in [0.3, 0.4) is 0 Å². The Bertz CT molecular complexity index is 1240. The Labute approximate surface area is 208 Å². The first-order valence-corrected chi connectivity index (χ1v) is 11.9. The average Bonchev–Trinajstić information content (AvgIpc) is 2.80. The molecule has 3 nitrogen and oxygen atoms in total. The fourth-order valence-corrected chi connectivity index (χ4v) is 4.63. The lowest BCUT2D eigenvalue weighted by Crippen LogP contribution is -2.38. The summed E-state index contributed by atoms with van der Waals surface area (Å²) >= 11 is 6.48. The Morgan fingerprint density at radius 2 is 1.80 bits per heavy atom. The summed E-state index contributed by atoms with van der Waals surface area (Å²) in [6.07, 6.45) is -4.88. The monoisotopic (exact) mass is 501 g/mol. The Balaban J connectivity index is 1.67. The molecule has 1 saturated heterocycles. The summed E-state index contributed by atoms with van der Waals surface area (Å²) in [4.78, 5) is 14.3. The van der Waals surface area contributed by atoms with Crippen LogP contribution in [0.4, 0.5) is 18.0 Å². The second kappa shape index (κ2) is 9.94. The highest BCUT2D eigenvalue weighted by atomic mass is 35.5. The van der Waals surface area contributed by atoms with Gasteiger partial charge in [0, 0.05) is 30.1 Å². The number of ether oxygens (including phenoxy) is 1. The van der Waals surface area contributed by atoms with Gasteiger partial charge in [0.25, 0.3) is 0 Å². The van der Waals surface area contributed by atoms with Gasteiger partial charge in [-0.1, -0.05) is 61.8 Å². The van der Waals surface area contributed by atoms with Crippen LogP contribution in [0.2, 0.25) is 5.02 Å². The molecule has 0 aliphatic carbocycles. The number of halogens is 4. The normalized spacial score (nSPS) is 16.5. The molecule has 3 aromatic carbocycles. The Morgan fingerprint density at radius 1 is 1.06 bits per heavy atom. The largest absolute Gasteiger partial charge is 0.441 e. The molecule has 0 N–H and O–H groups in total. The minimum Gasteiger partial charge on any atom is -0.441 e. The highest BCUT2D eigenvalue weighted by Crippen LogP contribution is 2.38. The summed E-state index contributed by atoms with van der Waals surface area (Å²) < 4.78 is 46.4. The van der Waals surface area contributed by atoms with E-state index in [9.17, 15) is 18.0 Å². The van der Waals surface area contributed by atoms with Crippen molar-refractivity contribution in [1.29, 1.82) is 0 Å². The van der Waals surface area contributed by atoms with Crippen LogP contribution in [0, 0.1) is 6.92 Å². The average molecular weight is 502 g/mol. The molecule has 0 spiro atoms.